The van der Waals surface area contributed by atoms with E-state index in [1.54, 1.807) is 52.7 Å². The van der Waals surface area contributed by atoms with Gasteiger partial charge < -0.3 is 28.8 Å². The summed E-state index contributed by atoms with van der Waals surface area (Å²) in [5.74, 6) is 4.19. The largest absolute Gasteiger partial charge is 0.871 e. The van der Waals surface area contributed by atoms with Gasteiger partial charge in [0.2, 0.25) is 0 Å². The van der Waals surface area contributed by atoms with Crippen LogP contribution in [0.3, 0.4) is 0 Å². The van der Waals surface area contributed by atoms with Crippen molar-refractivity contribution in [2.75, 3.05) is 28.4 Å². The van der Waals surface area contributed by atoms with E-state index in [9.17, 15) is 9.90 Å². The minimum absolute atomic E-state index is 0.113. The third-order valence-corrected chi connectivity index (χ3v) is 8.05. The van der Waals surface area contributed by atoms with Gasteiger partial charge in [-0.3, -0.25) is 4.79 Å². The first-order valence-corrected chi connectivity index (χ1v) is 15.6. The van der Waals surface area contributed by atoms with Gasteiger partial charge in [0.15, 0.2) is 28.8 Å². The number of benzene rings is 2. The first kappa shape index (κ1) is 34.1. The summed E-state index contributed by atoms with van der Waals surface area (Å²) in [4.78, 5) is 13.5. The maximum absolute atomic E-state index is 13.5. The highest BCUT2D eigenvalue weighted by atomic mass is 16.5. The molecule has 0 saturated carbocycles. The van der Waals surface area contributed by atoms with Gasteiger partial charge in [0.1, 0.15) is 11.5 Å². The van der Waals surface area contributed by atoms with Crippen LogP contribution in [-0.2, 0) is 14.9 Å². The average molecular weight is 651 g/mol. The Kier molecular flexibility index (Phi) is 9.31. The fraction of sp³-hybridized carbons (Fsp3) is 0.300. The quantitative estimate of drug-likeness (QED) is 0.178. The molecule has 3 aromatic rings. The number of Topliss-reactive ketones (excluding diaryl/α,β-unsaturated/α-hetero) is 1. The molecule has 1 aromatic heterocycles. The maximum atomic E-state index is 13.5. The molecule has 0 amide bonds. The number of carbonyl (C=O) groups excluding carboxylic acids is 1. The van der Waals surface area contributed by atoms with Gasteiger partial charge in [-0.25, -0.2) is 4.42 Å². The molecule has 0 bridgehead atoms. The van der Waals surface area contributed by atoms with Crippen LogP contribution in [0.1, 0.15) is 58.4 Å². The Labute approximate surface area is 282 Å². The highest BCUT2D eigenvalue weighted by molar-refractivity contribution is 6.23. The van der Waals surface area contributed by atoms with Crippen LogP contribution in [0, 0.1) is 5.41 Å². The molecular weight excluding hydrogens is 608 g/mol. The minimum Gasteiger partial charge on any atom is -0.871 e. The van der Waals surface area contributed by atoms with Gasteiger partial charge in [-0.1, -0.05) is 26.5 Å². The predicted octanol–water partition coefficient (Wildman–Crippen LogP) is 8.07. The topological polar surface area (TPSA) is 97.6 Å². The third-order valence-electron chi connectivity index (χ3n) is 8.05. The number of ether oxygens (including phenoxy) is 5. The van der Waals surface area contributed by atoms with Crippen LogP contribution in [0.5, 0.6) is 23.0 Å². The van der Waals surface area contributed by atoms with Crippen LogP contribution in [0.2, 0.25) is 0 Å². The molecule has 2 aliphatic rings. The lowest BCUT2D eigenvalue weighted by Crippen LogP contribution is -2.29. The van der Waals surface area contributed by atoms with Crippen LogP contribution in [0.15, 0.2) is 99.4 Å². The molecule has 0 radical (unpaired) electrons. The number of allylic oxidation sites excluding steroid dienone is 7. The van der Waals surface area contributed by atoms with Crippen molar-refractivity contribution in [3.05, 3.63) is 112 Å². The molecule has 0 saturated heterocycles. The Balaban J connectivity index is 1.55. The van der Waals surface area contributed by atoms with Gasteiger partial charge in [0.05, 0.1) is 45.5 Å². The van der Waals surface area contributed by atoms with Crippen molar-refractivity contribution in [1.82, 2.24) is 0 Å². The van der Waals surface area contributed by atoms with Crippen molar-refractivity contribution >= 4 is 17.6 Å². The van der Waals surface area contributed by atoms with Crippen LogP contribution in [0.4, 0.5) is 0 Å². The van der Waals surface area contributed by atoms with Crippen molar-refractivity contribution in [1.29, 1.82) is 0 Å². The second kappa shape index (κ2) is 13.1. The van der Waals surface area contributed by atoms with E-state index in [2.05, 4.69) is 0 Å². The number of carbonyl (C=O) groups is 1. The standard InChI is InChI=1S/C40H42O8/c1-39(2,3)35-19-23(17-31(47-35)25-11-13-29(43-7)33(21-25)45-9)15-27-37(41)28(38(27)42)16-24-18-32(48-36(20-24)40(4,5)6)26-12-14-30(44-8)34(22-26)46-10/h11-22H,1-10H3. The third kappa shape index (κ3) is 6.88. The summed E-state index contributed by atoms with van der Waals surface area (Å²) >= 11 is 0. The number of hydrogen-bond donors (Lipinski definition) is 0. The smallest absolute Gasteiger partial charge is 0.360 e. The van der Waals surface area contributed by atoms with E-state index < -0.39 is 0 Å². The zero-order valence-electron chi connectivity index (χ0n) is 29.2. The fourth-order valence-electron chi connectivity index (χ4n) is 5.24. The van der Waals surface area contributed by atoms with E-state index >= 15 is 0 Å². The minimum atomic E-state index is -0.340. The first-order valence-electron chi connectivity index (χ1n) is 15.6. The normalized spacial score (nSPS) is 16.7. The number of ketones is 1. The first-order chi connectivity index (χ1) is 22.7. The zero-order valence-corrected chi connectivity index (χ0v) is 29.2. The van der Waals surface area contributed by atoms with Crippen molar-refractivity contribution in [2.24, 2.45) is 5.41 Å². The van der Waals surface area contributed by atoms with Gasteiger partial charge >= 0.3 is 11.5 Å². The fourth-order valence-corrected chi connectivity index (χ4v) is 5.24. The summed E-state index contributed by atoms with van der Waals surface area (Å²) in [6.07, 6.45) is 6.94. The van der Waals surface area contributed by atoms with E-state index in [1.807, 2.05) is 90.1 Å². The van der Waals surface area contributed by atoms with Crippen LogP contribution in [-0.4, -0.2) is 34.2 Å². The summed E-state index contributed by atoms with van der Waals surface area (Å²) in [5, 5.41) is 13.5. The highest BCUT2D eigenvalue weighted by Crippen LogP contribution is 2.41. The Morgan fingerprint density at radius 2 is 1.29 bits per heavy atom. The molecule has 0 unspecified atom stereocenters. The zero-order chi connectivity index (χ0) is 35.0. The second-order valence-corrected chi connectivity index (χ2v) is 13.7. The van der Waals surface area contributed by atoms with E-state index in [-0.39, 0.29) is 33.5 Å². The molecule has 2 aromatic carbocycles. The van der Waals surface area contributed by atoms with Crippen LogP contribution >= 0.6 is 0 Å². The second-order valence-electron chi connectivity index (χ2n) is 13.7. The Morgan fingerprint density at radius 1 is 0.708 bits per heavy atom. The summed E-state index contributed by atoms with van der Waals surface area (Å²) in [6.45, 7) is 12.2. The van der Waals surface area contributed by atoms with Gasteiger partial charge in [0, 0.05) is 34.3 Å². The molecular formula is C40H42O8. The van der Waals surface area contributed by atoms with Crippen molar-refractivity contribution in [3.63, 3.8) is 0 Å². The molecule has 8 heteroatoms. The number of hydrogen-bond acceptors (Lipinski definition) is 7. The molecule has 1 aliphatic heterocycles. The molecule has 5 rings (SSSR count). The molecule has 1 aliphatic carbocycles. The number of methoxy groups -OCH3 is 4. The Bertz CT molecular complexity index is 1920. The number of rotatable bonds is 8. The molecule has 48 heavy (non-hydrogen) atoms. The SMILES string of the molecule is COc1ccc(C2=CC(=CC3=C([O-])C(=Cc4cc(-c5ccc(OC)c(OC)c5)[o+]c(C(C)(C)C)c4)C3=O)C=C(C(C)(C)C)O2)cc1OC. The molecule has 0 N–H and O–H groups in total. The predicted molar refractivity (Wildman–Crippen MR) is 185 cm³/mol. The van der Waals surface area contributed by atoms with Crippen molar-refractivity contribution in [2.45, 2.75) is 47.0 Å². The lowest BCUT2D eigenvalue weighted by atomic mass is 9.84. The van der Waals surface area contributed by atoms with Crippen molar-refractivity contribution in [3.8, 4) is 34.3 Å². The maximum Gasteiger partial charge on any atom is 0.360 e. The molecule has 250 valence electrons. The van der Waals surface area contributed by atoms with Gasteiger partial charge in [-0.15, -0.1) is 0 Å². The Morgan fingerprint density at radius 3 is 1.83 bits per heavy atom. The average Bonchev–Trinajstić information content (AvgIpc) is 3.07. The lowest BCUT2D eigenvalue weighted by molar-refractivity contribution is -0.300. The highest BCUT2D eigenvalue weighted by Gasteiger charge is 2.32. The summed E-state index contributed by atoms with van der Waals surface area (Å²) in [5.41, 5.74) is 2.43. The van der Waals surface area contributed by atoms with E-state index in [0.29, 0.717) is 57.2 Å². The van der Waals surface area contributed by atoms with E-state index in [0.717, 1.165) is 11.1 Å². The Hall–Kier alpha value is -5.24. The van der Waals surface area contributed by atoms with Crippen LogP contribution < -0.4 is 24.1 Å². The summed E-state index contributed by atoms with van der Waals surface area (Å²) in [7, 11) is 6.31. The van der Waals surface area contributed by atoms with Crippen LogP contribution in [0.25, 0.3) is 23.2 Å². The molecule has 0 atom stereocenters. The molecule has 0 fully saturated rings. The van der Waals surface area contributed by atoms with Crippen molar-refractivity contribution < 1.29 is 38.0 Å². The molecule has 2 heterocycles. The summed E-state index contributed by atoms with van der Waals surface area (Å²) < 4.78 is 34.4. The van der Waals surface area contributed by atoms with Gasteiger partial charge in [-0.2, -0.15) is 0 Å². The summed E-state index contributed by atoms with van der Waals surface area (Å²) in [6, 6.07) is 14.7. The molecule has 8 nitrogen and oxygen atoms in total. The monoisotopic (exact) mass is 650 g/mol. The van der Waals surface area contributed by atoms with Gasteiger partial charge in [-0.05, 0) is 86.5 Å². The lowest BCUT2D eigenvalue weighted by Gasteiger charge is -2.30. The van der Waals surface area contributed by atoms with Gasteiger partial charge in [0.25, 0.3) is 0 Å². The van der Waals surface area contributed by atoms with E-state index in [1.165, 1.54) is 0 Å². The molecule has 0 spiro atoms. The van der Waals surface area contributed by atoms with E-state index in [4.69, 9.17) is 28.1 Å².